The lowest BCUT2D eigenvalue weighted by Crippen LogP contribution is -2.61. The minimum Gasteiger partial charge on any atom is -0.481 e. The van der Waals surface area contributed by atoms with Crippen molar-refractivity contribution in [3.05, 3.63) is 59.7 Å². The van der Waals surface area contributed by atoms with E-state index in [1.54, 1.807) is 0 Å². The predicted octanol–water partition coefficient (Wildman–Crippen LogP) is 4.99. The van der Waals surface area contributed by atoms with Crippen molar-refractivity contribution in [3.8, 4) is 11.1 Å². The van der Waals surface area contributed by atoms with E-state index in [9.17, 15) is 19.5 Å². The Balaban J connectivity index is 1.45. The summed E-state index contributed by atoms with van der Waals surface area (Å²) in [6.07, 6.45) is 4.21. The van der Waals surface area contributed by atoms with Gasteiger partial charge < -0.3 is 20.5 Å². The van der Waals surface area contributed by atoms with Crippen LogP contribution in [0.3, 0.4) is 0 Å². The average Bonchev–Trinajstić information content (AvgIpc) is 3.17. The third-order valence-corrected chi connectivity index (χ3v) is 7.22. The summed E-state index contributed by atoms with van der Waals surface area (Å²) in [5, 5.41) is 15.0. The third-order valence-electron chi connectivity index (χ3n) is 7.22. The number of carbonyl (C=O) groups excluding carboxylic acids is 2. The summed E-state index contributed by atoms with van der Waals surface area (Å²) in [5.41, 5.74) is 3.48. The molecule has 0 spiro atoms. The fourth-order valence-corrected chi connectivity index (χ4v) is 5.50. The number of hydrogen-bond donors (Lipinski definition) is 3. The highest BCUT2D eigenvalue weighted by molar-refractivity contribution is 5.90. The van der Waals surface area contributed by atoms with Crippen molar-refractivity contribution in [2.45, 2.75) is 75.8 Å². The van der Waals surface area contributed by atoms with Crippen molar-refractivity contribution in [3.63, 3.8) is 0 Å². The van der Waals surface area contributed by atoms with Gasteiger partial charge in [-0.25, -0.2) is 4.79 Å². The van der Waals surface area contributed by atoms with Crippen LogP contribution in [0.25, 0.3) is 11.1 Å². The summed E-state index contributed by atoms with van der Waals surface area (Å²) in [4.78, 5) is 37.6. The lowest BCUT2D eigenvalue weighted by Gasteiger charge is -2.37. The number of nitrogens with one attached hydrogen (secondary N) is 2. The maximum Gasteiger partial charge on any atom is 0.408 e. The summed E-state index contributed by atoms with van der Waals surface area (Å²) in [7, 11) is 0. The van der Waals surface area contributed by atoms with Crippen molar-refractivity contribution in [1.29, 1.82) is 0 Å². The van der Waals surface area contributed by atoms with Crippen molar-refractivity contribution in [2.75, 3.05) is 6.61 Å². The normalized spacial score (nSPS) is 17.1. The molecule has 2 aromatic rings. The van der Waals surface area contributed by atoms with Gasteiger partial charge in [0.2, 0.25) is 5.91 Å². The predicted molar refractivity (Wildman–Crippen MR) is 133 cm³/mol. The summed E-state index contributed by atoms with van der Waals surface area (Å²) in [6.45, 7) is 2.13. The number of rotatable bonds is 9. The van der Waals surface area contributed by atoms with Gasteiger partial charge in [0.25, 0.3) is 0 Å². The highest BCUT2D eigenvalue weighted by Crippen LogP contribution is 2.44. The van der Waals surface area contributed by atoms with E-state index < -0.39 is 23.6 Å². The van der Waals surface area contributed by atoms with Gasteiger partial charge >= 0.3 is 12.1 Å². The van der Waals surface area contributed by atoms with Gasteiger partial charge in [0.1, 0.15) is 12.1 Å². The molecule has 4 rings (SSSR count). The number of alkyl carbamates (subject to hydrolysis) is 1. The molecule has 2 amide bonds. The second-order valence-electron chi connectivity index (χ2n) is 9.65. The Kier molecular flexibility index (Phi) is 7.73. The Morgan fingerprint density at radius 3 is 2.17 bits per heavy atom. The van der Waals surface area contributed by atoms with E-state index in [0.717, 1.165) is 47.9 Å². The molecular formula is C28H34N2O5. The molecule has 1 atom stereocenters. The van der Waals surface area contributed by atoms with Gasteiger partial charge in [-0.3, -0.25) is 9.59 Å². The second kappa shape index (κ2) is 10.9. The molecular weight excluding hydrogens is 444 g/mol. The number of aliphatic carboxylic acids is 1. The monoisotopic (exact) mass is 478 g/mol. The van der Waals surface area contributed by atoms with Crippen molar-refractivity contribution in [1.82, 2.24) is 10.6 Å². The minimum atomic E-state index is -1.08. The van der Waals surface area contributed by atoms with Gasteiger partial charge in [-0.05, 0) is 41.5 Å². The summed E-state index contributed by atoms with van der Waals surface area (Å²) >= 11 is 0. The Labute approximate surface area is 206 Å². The molecule has 1 fully saturated rings. The first-order chi connectivity index (χ1) is 16.9. The molecule has 186 valence electrons. The maximum absolute atomic E-state index is 13.3. The maximum atomic E-state index is 13.3. The number of fused-ring (bicyclic) bond motifs is 3. The first-order valence-corrected chi connectivity index (χ1v) is 12.6. The molecule has 0 radical (unpaired) electrons. The highest BCUT2D eigenvalue weighted by Gasteiger charge is 2.42. The van der Waals surface area contributed by atoms with Crippen molar-refractivity contribution in [2.24, 2.45) is 0 Å². The Hall–Kier alpha value is -3.35. The zero-order chi connectivity index (χ0) is 24.8. The zero-order valence-electron chi connectivity index (χ0n) is 20.2. The molecule has 0 aromatic heterocycles. The van der Waals surface area contributed by atoms with Gasteiger partial charge in [0.05, 0.1) is 6.42 Å². The van der Waals surface area contributed by atoms with Crippen LogP contribution in [0.4, 0.5) is 4.79 Å². The highest BCUT2D eigenvalue weighted by atomic mass is 16.5. The lowest BCUT2D eigenvalue weighted by molar-refractivity contribution is -0.138. The Bertz CT molecular complexity index is 1030. The molecule has 35 heavy (non-hydrogen) atoms. The van der Waals surface area contributed by atoms with E-state index in [2.05, 4.69) is 34.9 Å². The van der Waals surface area contributed by atoms with Gasteiger partial charge in [-0.15, -0.1) is 0 Å². The number of hydrogen-bond acceptors (Lipinski definition) is 4. The molecule has 2 aliphatic rings. The van der Waals surface area contributed by atoms with E-state index in [1.807, 2.05) is 31.2 Å². The summed E-state index contributed by atoms with van der Waals surface area (Å²) < 4.78 is 5.71. The van der Waals surface area contributed by atoms with Crippen LogP contribution in [0.15, 0.2) is 48.5 Å². The van der Waals surface area contributed by atoms with E-state index in [4.69, 9.17) is 4.74 Å². The molecule has 1 saturated carbocycles. The van der Waals surface area contributed by atoms with Crippen LogP contribution >= 0.6 is 0 Å². The summed E-state index contributed by atoms with van der Waals surface area (Å²) in [6, 6.07) is 15.8. The fourth-order valence-electron chi connectivity index (χ4n) is 5.50. The quantitative estimate of drug-likeness (QED) is 0.471. The van der Waals surface area contributed by atoms with E-state index in [-0.39, 0.29) is 24.9 Å². The smallest absolute Gasteiger partial charge is 0.408 e. The second-order valence-corrected chi connectivity index (χ2v) is 9.65. The van der Waals surface area contributed by atoms with Gasteiger partial charge in [-0.2, -0.15) is 0 Å². The largest absolute Gasteiger partial charge is 0.481 e. The number of carboxylic acids is 1. The molecule has 0 saturated heterocycles. The number of amides is 2. The molecule has 2 aromatic carbocycles. The van der Waals surface area contributed by atoms with Gasteiger partial charge in [0, 0.05) is 12.0 Å². The molecule has 7 nitrogen and oxygen atoms in total. The Morgan fingerprint density at radius 2 is 1.60 bits per heavy atom. The standard InChI is InChI=1S/C28H34N2O5/c1-2-10-19(17-25(31)32)29-26(33)28(15-8-3-9-16-28)30-27(34)35-18-24-22-13-6-4-11-20(22)21-12-5-7-14-23(21)24/h4-7,11-14,19,24H,2-3,8-10,15-18H2,1H3,(H,29,33)(H,30,34)(H,31,32)/t19-/m1/s1. The van der Waals surface area contributed by atoms with Crippen molar-refractivity contribution >= 4 is 18.0 Å². The van der Waals surface area contributed by atoms with Crippen LogP contribution in [0.5, 0.6) is 0 Å². The van der Waals surface area contributed by atoms with E-state index >= 15 is 0 Å². The van der Waals surface area contributed by atoms with Gasteiger partial charge in [-0.1, -0.05) is 81.1 Å². The summed E-state index contributed by atoms with van der Waals surface area (Å²) in [5.74, 6) is -1.33. The van der Waals surface area contributed by atoms with Crippen molar-refractivity contribution < 1.29 is 24.2 Å². The number of ether oxygens (including phenoxy) is 1. The first-order valence-electron chi connectivity index (χ1n) is 12.6. The van der Waals surface area contributed by atoms with Gasteiger partial charge in [0.15, 0.2) is 0 Å². The molecule has 7 heteroatoms. The minimum absolute atomic E-state index is 0.0613. The Morgan fingerprint density at radius 1 is 1.00 bits per heavy atom. The molecule has 0 heterocycles. The molecule has 0 unspecified atom stereocenters. The van der Waals surface area contributed by atoms with Crippen LogP contribution in [0.2, 0.25) is 0 Å². The van der Waals surface area contributed by atoms with E-state index in [1.165, 1.54) is 0 Å². The zero-order valence-corrected chi connectivity index (χ0v) is 20.2. The van der Waals surface area contributed by atoms with Crippen LogP contribution in [-0.4, -0.2) is 41.3 Å². The fraction of sp³-hybridized carbons (Fsp3) is 0.464. The first kappa shape index (κ1) is 24.8. The van der Waals surface area contributed by atoms with Crippen LogP contribution in [0, 0.1) is 0 Å². The third kappa shape index (κ3) is 5.50. The molecule has 0 aliphatic heterocycles. The van der Waals surface area contributed by atoms with Crippen LogP contribution in [-0.2, 0) is 14.3 Å². The lowest BCUT2D eigenvalue weighted by atomic mass is 9.80. The number of carbonyl (C=O) groups is 3. The topological polar surface area (TPSA) is 105 Å². The number of carboxylic acid groups (broad SMARTS) is 1. The van der Waals surface area contributed by atoms with E-state index in [0.29, 0.717) is 19.3 Å². The average molecular weight is 479 g/mol. The molecule has 0 bridgehead atoms. The van der Waals surface area contributed by atoms with Crippen LogP contribution in [0.1, 0.15) is 75.3 Å². The number of benzene rings is 2. The molecule has 2 aliphatic carbocycles. The van der Waals surface area contributed by atoms with Crippen LogP contribution < -0.4 is 10.6 Å². The SMILES string of the molecule is CCC[C@H](CC(=O)O)NC(=O)C1(NC(=O)OCC2c3ccccc3-c3ccccc32)CCCCC1. The molecule has 3 N–H and O–H groups in total.